The molecule has 114 valence electrons. The van der Waals surface area contributed by atoms with E-state index in [-0.39, 0.29) is 10.6 Å². The number of anilines is 1. The summed E-state index contributed by atoms with van der Waals surface area (Å²) in [5.74, 6) is 0.245. The van der Waals surface area contributed by atoms with Crippen LogP contribution in [0.1, 0.15) is 4.88 Å². The van der Waals surface area contributed by atoms with Crippen molar-refractivity contribution in [3.05, 3.63) is 39.0 Å². The first kappa shape index (κ1) is 16.3. The summed E-state index contributed by atoms with van der Waals surface area (Å²) in [5.41, 5.74) is 6.11. The molecule has 0 aliphatic heterocycles. The highest BCUT2D eigenvalue weighted by Crippen LogP contribution is 2.29. The molecule has 1 aromatic carbocycles. The Hall–Kier alpha value is -1.09. The fourth-order valence-electron chi connectivity index (χ4n) is 1.81. The van der Waals surface area contributed by atoms with Gasteiger partial charge < -0.3 is 10.5 Å². The minimum atomic E-state index is -3.64. The largest absolute Gasteiger partial charge is 0.495 e. The van der Waals surface area contributed by atoms with Crippen molar-refractivity contribution in [3.8, 4) is 5.75 Å². The van der Waals surface area contributed by atoms with Crippen molar-refractivity contribution in [2.45, 2.75) is 11.4 Å². The van der Waals surface area contributed by atoms with E-state index in [0.29, 0.717) is 12.2 Å². The maximum Gasteiger partial charge on any atom is 0.246 e. The van der Waals surface area contributed by atoms with Crippen LogP contribution in [-0.4, -0.2) is 26.9 Å². The second kappa shape index (κ2) is 6.35. The van der Waals surface area contributed by atoms with Crippen LogP contribution in [0.15, 0.2) is 39.0 Å². The molecule has 0 bridgehead atoms. The lowest BCUT2D eigenvalue weighted by atomic mass is 10.3. The number of nitrogen functional groups attached to an aromatic ring is 1. The van der Waals surface area contributed by atoms with E-state index < -0.39 is 10.0 Å². The molecule has 0 unspecified atom stereocenters. The summed E-state index contributed by atoms with van der Waals surface area (Å²) in [6.45, 7) is 0.298. The van der Waals surface area contributed by atoms with Crippen LogP contribution < -0.4 is 10.5 Å². The summed E-state index contributed by atoms with van der Waals surface area (Å²) < 4.78 is 32.6. The van der Waals surface area contributed by atoms with Gasteiger partial charge >= 0.3 is 0 Å². The Bertz CT molecular complexity index is 744. The first-order chi connectivity index (χ1) is 9.84. The van der Waals surface area contributed by atoms with Crippen LogP contribution in [0.3, 0.4) is 0 Å². The van der Waals surface area contributed by atoms with E-state index >= 15 is 0 Å². The average Bonchev–Trinajstić information content (AvgIpc) is 2.83. The highest BCUT2D eigenvalue weighted by molar-refractivity contribution is 9.10. The molecule has 0 saturated carbocycles. The lowest BCUT2D eigenvalue weighted by molar-refractivity contribution is 0.398. The lowest BCUT2D eigenvalue weighted by Crippen LogP contribution is -2.26. The number of nitrogens with zero attached hydrogens (tertiary/aromatic N) is 1. The Morgan fingerprint density at radius 2 is 2.10 bits per heavy atom. The number of sulfonamides is 1. The van der Waals surface area contributed by atoms with Gasteiger partial charge in [0.05, 0.1) is 7.11 Å². The molecule has 0 spiro atoms. The first-order valence-electron chi connectivity index (χ1n) is 5.97. The third-order valence-electron chi connectivity index (χ3n) is 2.88. The zero-order valence-corrected chi connectivity index (χ0v) is 14.8. The van der Waals surface area contributed by atoms with Crippen LogP contribution in [0, 0.1) is 0 Å². The van der Waals surface area contributed by atoms with Crippen molar-refractivity contribution in [2.75, 3.05) is 19.9 Å². The van der Waals surface area contributed by atoms with Gasteiger partial charge in [0.15, 0.2) is 0 Å². The maximum atomic E-state index is 12.6. The molecule has 0 aliphatic carbocycles. The predicted octanol–water partition coefficient (Wildman–Crippen LogP) is 2.92. The van der Waals surface area contributed by atoms with Crippen molar-refractivity contribution in [1.82, 2.24) is 4.31 Å². The molecule has 0 atom stereocenters. The number of ether oxygens (including phenoxy) is 1. The summed E-state index contributed by atoms with van der Waals surface area (Å²) in [6, 6.07) is 6.41. The summed E-state index contributed by atoms with van der Waals surface area (Å²) >= 11 is 4.85. The SMILES string of the molecule is COc1cc(N)ccc1S(=O)(=O)N(C)Cc1cc(Br)cs1. The Morgan fingerprint density at radius 1 is 1.38 bits per heavy atom. The maximum absolute atomic E-state index is 12.6. The number of thiophene rings is 1. The molecular formula is C13H15BrN2O3S2. The molecule has 1 heterocycles. The van der Waals surface area contributed by atoms with Gasteiger partial charge in [0.2, 0.25) is 10.0 Å². The van der Waals surface area contributed by atoms with Crippen molar-refractivity contribution in [1.29, 1.82) is 0 Å². The zero-order chi connectivity index (χ0) is 15.6. The third kappa shape index (κ3) is 3.57. The minimum absolute atomic E-state index is 0.109. The van der Waals surface area contributed by atoms with E-state index in [1.807, 2.05) is 11.4 Å². The zero-order valence-electron chi connectivity index (χ0n) is 11.5. The molecule has 8 heteroatoms. The summed E-state index contributed by atoms with van der Waals surface area (Å²) in [6.07, 6.45) is 0. The van der Waals surface area contributed by atoms with Gasteiger partial charge in [0, 0.05) is 40.1 Å². The Kier molecular flexibility index (Phi) is 4.92. The quantitative estimate of drug-likeness (QED) is 0.796. The topological polar surface area (TPSA) is 72.6 Å². The second-order valence-corrected chi connectivity index (χ2v) is 8.33. The van der Waals surface area contributed by atoms with E-state index in [1.165, 1.54) is 34.9 Å². The number of nitrogens with two attached hydrogens (primary N) is 1. The molecule has 2 aromatic rings. The Balaban J connectivity index is 2.33. The molecule has 0 fully saturated rings. The number of hydrogen-bond acceptors (Lipinski definition) is 5. The van der Waals surface area contributed by atoms with Gasteiger partial charge in [-0.15, -0.1) is 11.3 Å². The second-order valence-electron chi connectivity index (χ2n) is 4.40. The van der Waals surface area contributed by atoms with E-state index in [9.17, 15) is 8.42 Å². The van der Waals surface area contributed by atoms with Crippen molar-refractivity contribution in [3.63, 3.8) is 0 Å². The molecular weight excluding hydrogens is 376 g/mol. The monoisotopic (exact) mass is 390 g/mol. The third-order valence-corrected chi connectivity index (χ3v) is 6.40. The summed E-state index contributed by atoms with van der Waals surface area (Å²) in [5, 5.41) is 1.92. The average molecular weight is 391 g/mol. The minimum Gasteiger partial charge on any atom is -0.495 e. The van der Waals surface area contributed by atoms with Crippen molar-refractivity contribution in [2.24, 2.45) is 0 Å². The van der Waals surface area contributed by atoms with Crippen LogP contribution in [0.5, 0.6) is 5.75 Å². The number of benzene rings is 1. The first-order valence-corrected chi connectivity index (χ1v) is 9.08. The normalized spacial score (nSPS) is 11.8. The number of methoxy groups -OCH3 is 1. The van der Waals surface area contributed by atoms with Gasteiger partial charge in [-0.05, 0) is 34.1 Å². The molecule has 0 aliphatic rings. The molecule has 0 saturated heterocycles. The van der Waals surface area contributed by atoms with E-state index in [0.717, 1.165) is 9.35 Å². The van der Waals surface area contributed by atoms with Crippen LogP contribution in [0.4, 0.5) is 5.69 Å². The van der Waals surface area contributed by atoms with Gasteiger partial charge in [-0.25, -0.2) is 8.42 Å². The molecule has 0 radical (unpaired) electrons. The smallest absolute Gasteiger partial charge is 0.246 e. The van der Waals surface area contributed by atoms with E-state index in [2.05, 4.69) is 15.9 Å². The highest BCUT2D eigenvalue weighted by Gasteiger charge is 2.25. The fourth-order valence-corrected chi connectivity index (χ4v) is 4.67. The van der Waals surface area contributed by atoms with Crippen LogP contribution >= 0.6 is 27.3 Å². The van der Waals surface area contributed by atoms with E-state index in [1.54, 1.807) is 13.1 Å². The van der Waals surface area contributed by atoms with Crippen LogP contribution in [0.2, 0.25) is 0 Å². The number of halogens is 1. The standard InChI is InChI=1S/C13H15BrN2O3S2/c1-16(7-11-5-9(14)8-20-11)21(17,18)13-4-3-10(15)6-12(13)19-2/h3-6,8H,7,15H2,1-2H3. The van der Waals surface area contributed by atoms with Crippen molar-refractivity contribution < 1.29 is 13.2 Å². The Morgan fingerprint density at radius 3 is 2.67 bits per heavy atom. The van der Waals surface area contributed by atoms with Gasteiger partial charge in [-0.2, -0.15) is 4.31 Å². The van der Waals surface area contributed by atoms with E-state index in [4.69, 9.17) is 10.5 Å². The van der Waals surface area contributed by atoms with Gasteiger partial charge in [-0.3, -0.25) is 0 Å². The number of hydrogen-bond donors (Lipinski definition) is 1. The summed E-state index contributed by atoms with van der Waals surface area (Å²) in [4.78, 5) is 1.06. The summed E-state index contributed by atoms with van der Waals surface area (Å²) in [7, 11) is -0.682. The van der Waals surface area contributed by atoms with Gasteiger partial charge in [0.25, 0.3) is 0 Å². The number of rotatable bonds is 5. The van der Waals surface area contributed by atoms with Gasteiger partial charge in [-0.1, -0.05) is 0 Å². The Labute approximate surface area is 136 Å². The van der Waals surface area contributed by atoms with Gasteiger partial charge in [0.1, 0.15) is 10.6 Å². The van der Waals surface area contributed by atoms with Crippen LogP contribution in [-0.2, 0) is 16.6 Å². The highest BCUT2D eigenvalue weighted by atomic mass is 79.9. The molecule has 0 amide bonds. The fraction of sp³-hybridized carbons (Fsp3) is 0.231. The van der Waals surface area contributed by atoms with Crippen molar-refractivity contribution >= 4 is 43.0 Å². The lowest BCUT2D eigenvalue weighted by Gasteiger charge is -2.18. The molecule has 5 nitrogen and oxygen atoms in total. The predicted molar refractivity (Wildman–Crippen MR) is 88.1 cm³/mol. The molecule has 1 aromatic heterocycles. The molecule has 2 rings (SSSR count). The molecule has 2 N–H and O–H groups in total. The van der Waals surface area contributed by atoms with Crippen LogP contribution in [0.25, 0.3) is 0 Å². The molecule has 21 heavy (non-hydrogen) atoms.